The third-order valence-corrected chi connectivity index (χ3v) is 3.78. The molecule has 19 heavy (non-hydrogen) atoms. The molecule has 96 valence electrons. The maximum atomic E-state index is 6.30. The predicted molar refractivity (Wildman–Crippen MR) is 82.9 cm³/mol. The van der Waals surface area contributed by atoms with Crippen molar-refractivity contribution in [2.45, 2.75) is 6.92 Å². The van der Waals surface area contributed by atoms with E-state index in [1.165, 1.54) is 0 Å². The number of hydrogen-bond acceptors (Lipinski definition) is 2. The molecule has 0 saturated heterocycles. The fourth-order valence-electron chi connectivity index (χ4n) is 2.12. The molecule has 0 aliphatic heterocycles. The van der Waals surface area contributed by atoms with E-state index in [2.05, 4.69) is 27.0 Å². The quantitative estimate of drug-likeness (QED) is 0.718. The normalized spacial score (nSPS) is 11.1. The molecule has 1 heterocycles. The van der Waals surface area contributed by atoms with Gasteiger partial charge in [-0.15, -0.1) is 0 Å². The lowest BCUT2D eigenvalue weighted by Crippen LogP contribution is -2.01. The van der Waals surface area contributed by atoms with Crippen LogP contribution in [0.15, 0.2) is 40.9 Å². The van der Waals surface area contributed by atoms with Crippen LogP contribution in [0.2, 0.25) is 5.02 Å². The summed E-state index contributed by atoms with van der Waals surface area (Å²) in [4.78, 5) is 4.36. The number of nitrogens with zero attached hydrogens (tertiary/aromatic N) is 2. The molecule has 0 spiro atoms. The minimum atomic E-state index is 0.435. The summed E-state index contributed by atoms with van der Waals surface area (Å²) in [7, 11) is 0. The third-order valence-electron chi connectivity index (χ3n) is 2.99. The summed E-state index contributed by atoms with van der Waals surface area (Å²) < 4.78 is 2.80. The summed E-state index contributed by atoms with van der Waals surface area (Å²) in [6.45, 7) is 2.04. The van der Waals surface area contributed by atoms with Gasteiger partial charge in [-0.1, -0.05) is 33.6 Å². The van der Waals surface area contributed by atoms with Crippen molar-refractivity contribution in [3.63, 3.8) is 0 Å². The van der Waals surface area contributed by atoms with Gasteiger partial charge in [0.25, 0.3) is 0 Å². The summed E-state index contributed by atoms with van der Waals surface area (Å²) in [6, 6.07) is 11.7. The van der Waals surface area contributed by atoms with Gasteiger partial charge in [-0.2, -0.15) is 0 Å². The van der Waals surface area contributed by atoms with Crippen LogP contribution < -0.4 is 5.73 Å². The smallest absolute Gasteiger partial charge is 0.205 e. The lowest BCUT2D eigenvalue weighted by Gasteiger charge is -2.09. The van der Waals surface area contributed by atoms with Crippen LogP contribution in [-0.2, 0) is 0 Å². The first kappa shape index (κ1) is 12.5. The molecule has 0 atom stereocenters. The van der Waals surface area contributed by atoms with Crippen LogP contribution in [-0.4, -0.2) is 9.55 Å². The number of anilines is 1. The summed E-state index contributed by atoms with van der Waals surface area (Å²) in [5.41, 5.74) is 9.83. The Bertz CT molecular complexity index is 780. The van der Waals surface area contributed by atoms with E-state index in [-0.39, 0.29) is 0 Å². The number of rotatable bonds is 1. The van der Waals surface area contributed by atoms with Gasteiger partial charge in [0.1, 0.15) is 0 Å². The highest BCUT2D eigenvalue weighted by Gasteiger charge is 2.12. The minimum absolute atomic E-state index is 0.435. The Labute approximate surface area is 124 Å². The van der Waals surface area contributed by atoms with Crippen LogP contribution in [0.4, 0.5) is 5.95 Å². The van der Waals surface area contributed by atoms with Crippen LogP contribution in [0, 0.1) is 6.92 Å². The average Bonchev–Trinajstić information content (AvgIpc) is 2.65. The predicted octanol–water partition coefficient (Wildman–Crippen LogP) is 4.33. The Morgan fingerprint density at radius 1 is 1.21 bits per heavy atom. The highest BCUT2D eigenvalue weighted by Crippen LogP contribution is 2.30. The SMILES string of the molecule is Cc1ccc2nc(N)n(-c3ccc(Br)cc3Cl)c2c1. The van der Waals surface area contributed by atoms with Gasteiger partial charge in [-0.25, -0.2) is 4.98 Å². The maximum absolute atomic E-state index is 6.30. The first-order valence-corrected chi connectivity index (χ1v) is 6.93. The van der Waals surface area contributed by atoms with Crippen molar-refractivity contribution in [3.8, 4) is 5.69 Å². The van der Waals surface area contributed by atoms with E-state index >= 15 is 0 Å². The number of halogens is 2. The molecule has 0 fully saturated rings. The Morgan fingerprint density at radius 2 is 2.00 bits per heavy atom. The zero-order valence-electron chi connectivity index (χ0n) is 10.2. The molecule has 1 aromatic heterocycles. The largest absolute Gasteiger partial charge is 0.369 e. The summed E-state index contributed by atoms with van der Waals surface area (Å²) in [6.07, 6.45) is 0. The monoisotopic (exact) mass is 335 g/mol. The zero-order chi connectivity index (χ0) is 13.6. The molecule has 3 aromatic rings. The second kappa shape index (κ2) is 4.54. The van der Waals surface area contributed by atoms with Crippen LogP contribution in [0.5, 0.6) is 0 Å². The lowest BCUT2D eigenvalue weighted by molar-refractivity contribution is 1.11. The molecule has 0 unspecified atom stereocenters. The molecule has 0 saturated carbocycles. The van der Waals surface area contributed by atoms with Crippen molar-refractivity contribution >= 4 is 44.5 Å². The second-order valence-electron chi connectivity index (χ2n) is 4.39. The number of fused-ring (bicyclic) bond motifs is 1. The minimum Gasteiger partial charge on any atom is -0.369 e. The van der Waals surface area contributed by atoms with Gasteiger partial charge in [-0.05, 0) is 42.8 Å². The van der Waals surface area contributed by atoms with Crippen LogP contribution in [0.3, 0.4) is 0 Å². The highest BCUT2D eigenvalue weighted by molar-refractivity contribution is 9.10. The van der Waals surface area contributed by atoms with Gasteiger partial charge < -0.3 is 5.73 Å². The zero-order valence-corrected chi connectivity index (χ0v) is 12.5. The summed E-state index contributed by atoms with van der Waals surface area (Å²) in [5, 5.41) is 0.627. The van der Waals surface area contributed by atoms with Gasteiger partial charge in [0.05, 0.1) is 21.7 Å². The number of nitrogens with two attached hydrogens (primary N) is 1. The van der Waals surface area contributed by atoms with Gasteiger partial charge in [-0.3, -0.25) is 4.57 Å². The Hall–Kier alpha value is -1.52. The van der Waals surface area contributed by atoms with Gasteiger partial charge in [0, 0.05) is 4.47 Å². The molecule has 2 N–H and O–H groups in total. The van der Waals surface area contributed by atoms with Crippen molar-refractivity contribution in [3.05, 3.63) is 51.5 Å². The van der Waals surface area contributed by atoms with Crippen LogP contribution >= 0.6 is 27.5 Å². The van der Waals surface area contributed by atoms with E-state index < -0.39 is 0 Å². The Balaban J connectivity index is 2.35. The number of aryl methyl sites for hydroxylation is 1. The van der Waals surface area contributed by atoms with Crippen molar-refractivity contribution < 1.29 is 0 Å². The number of aromatic nitrogens is 2. The Morgan fingerprint density at radius 3 is 2.74 bits per heavy atom. The van der Waals surface area contributed by atoms with E-state index in [1.807, 2.05) is 41.8 Å². The van der Waals surface area contributed by atoms with Crippen molar-refractivity contribution in [1.29, 1.82) is 0 Å². The fraction of sp³-hybridized carbons (Fsp3) is 0.0714. The Kier molecular flexibility index (Phi) is 2.99. The molecule has 2 aromatic carbocycles. The molecule has 5 heteroatoms. The number of imidazole rings is 1. The van der Waals surface area contributed by atoms with Gasteiger partial charge in [0.2, 0.25) is 5.95 Å². The molecular formula is C14H11BrClN3. The van der Waals surface area contributed by atoms with Gasteiger partial charge in [0.15, 0.2) is 0 Å². The number of hydrogen-bond donors (Lipinski definition) is 1. The molecule has 0 radical (unpaired) electrons. The molecule has 0 aliphatic rings. The van der Waals surface area contributed by atoms with E-state index in [1.54, 1.807) is 0 Å². The van der Waals surface area contributed by atoms with E-state index in [0.29, 0.717) is 11.0 Å². The number of nitrogen functional groups attached to an aromatic ring is 1. The topological polar surface area (TPSA) is 43.8 Å². The molecule has 0 aliphatic carbocycles. The summed E-state index contributed by atoms with van der Waals surface area (Å²) >= 11 is 9.70. The average molecular weight is 337 g/mol. The van der Waals surface area contributed by atoms with E-state index in [9.17, 15) is 0 Å². The fourth-order valence-corrected chi connectivity index (χ4v) is 2.88. The molecule has 0 amide bonds. The van der Waals surface area contributed by atoms with Crippen molar-refractivity contribution in [2.75, 3.05) is 5.73 Å². The van der Waals surface area contributed by atoms with E-state index in [4.69, 9.17) is 17.3 Å². The first-order valence-electron chi connectivity index (χ1n) is 5.76. The van der Waals surface area contributed by atoms with Crippen LogP contribution in [0.1, 0.15) is 5.56 Å². The van der Waals surface area contributed by atoms with Crippen LogP contribution in [0.25, 0.3) is 16.7 Å². The highest BCUT2D eigenvalue weighted by atomic mass is 79.9. The molecule has 0 bridgehead atoms. The van der Waals surface area contributed by atoms with Gasteiger partial charge >= 0.3 is 0 Å². The first-order chi connectivity index (χ1) is 9.06. The standard InChI is InChI=1S/C14H11BrClN3/c1-8-2-4-11-13(6-8)19(14(17)18-11)12-5-3-9(15)7-10(12)16/h2-7H,1H3,(H2,17,18). The number of benzene rings is 2. The maximum Gasteiger partial charge on any atom is 0.205 e. The van der Waals surface area contributed by atoms with Crippen molar-refractivity contribution in [1.82, 2.24) is 9.55 Å². The van der Waals surface area contributed by atoms with E-state index in [0.717, 1.165) is 26.8 Å². The third kappa shape index (κ3) is 2.11. The van der Waals surface area contributed by atoms with Crippen molar-refractivity contribution in [2.24, 2.45) is 0 Å². The molecule has 3 nitrogen and oxygen atoms in total. The lowest BCUT2D eigenvalue weighted by atomic mass is 10.2. The molecular weight excluding hydrogens is 326 g/mol. The second-order valence-corrected chi connectivity index (χ2v) is 5.72. The molecule has 3 rings (SSSR count). The summed E-state index contributed by atoms with van der Waals surface area (Å²) in [5.74, 6) is 0.435.